The lowest BCUT2D eigenvalue weighted by atomic mass is 9.58. The number of amides is 2. The van der Waals surface area contributed by atoms with Gasteiger partial charge in [0.25, 0.3) is 5.91 Å². The highest BCUT2D eigenvalue weighted by molar-refractivity contribution is 6.02. The third kappa shape index (κ3) is 4.24. The van der Waals surface area contributed by atoms with Crippen molar-refractivity contribution in [2.45, 2.75) is 37.8 Å². The molecule has 3 saturated carbocycles. The molecule has 0 saturated heterocycles. The highest BCUT2D eigenvalue weighted by Gasteiger charge is 2.55. The maximum atomic E-state index is 13.0. The van der Waals surface area contributed by atoms with Crippen LogP contribution >= 0.6 is 0 Å². The zero-order valence-corrected chi connectivity index (χ0v) is 18.9. The first-order valence-corrected chi connectivity index (χ1v) is 11.8. The summed E-state index contributed by atoms with van der Waals surface area (Å²) in [5.41, 5.74) is 1.15. The van der Waals surface area contributed by atoms with Gasteiger partial charge in [0.05, 0.1) is 19.3 Å². The third-order valence-electron chi connectivity index (χ3n) is 7.43. The quantitative estimate of drug-likeness (QED) is 0.563. The van der Waals surface area contributed by atoms with Gasteiger partial charge in [0.2, 0.25) is 5.91 Å². The Balaban J connectivity index is 1.12. The number of hydrogen-bond donors (Lipinski definition) is 3. The molecule has 4 aliphatic rings. The molecule has 1 heterocycles. The molecule has 174 valence electrons. The van der Waals surface area contributed by atoms with E-state index in [0.717, 1.165) is 49.3 Å². The van der Waals surface area contributed by atoms with E-state index in [1.165, 1.54) is 0 Å². The molecule has 3 N–H and O–H groups in total. The van der Waals surface area contributed by atoms with Crippen molar-refractivity contribution in [3.8, 4) is 11.5 Å². The minimum absolute atomic E-state index is 0.00718. The van der Waals surface area contributed by atoms with Crippen molar-refractivity contribution in [2.75, 3.05) is 25.6 Å². The monoisotopic (exact) mass is 449 g/mol. The molecule has 7 nitrogen and oxygen atoms in total. The van der Waals surface area contributed by atoms with Crippen LogP contribution in [0.1, 0.15) is 42.5 Å². The van der Waals surface area contributed by atoms with Gasteiger partial charge in [-0.15, -0.1) is 0 Å². The lowest BCUT2D eigenvalue weighted by Gasteiger charge is -2.56. The molecule has 0 radical (unpaired) electrons. The Morgan fingerprint density at radius 3 is 2.64 bits per heavy atom. The van der Waals surface area contributed by atoms with Crippen LogP contribution < -0.4 is 25.4 Å². The number of carbonyl (C=O) groups is 2. The summed E-state index contributed by atoms with van der Waals surface area (Å²) in [5, 5.41) is 9.99. The fourth-order valence-corrected chi connectivity index (χ4v) is 5.74. The molecule has 2 aromatic carbocycles. The second kappa shape index (κ2) is 8.96. The zero-order chi connectivity index (χ0) is 22.8. The van der Waals surface area contributed by atoms with Gasteiger partial charge < -0.3 is 25.4 Å². The Morgan fingerprint density at radius 2 is 1.88 bits per heavy atom. The summed E-state index contributed by atoms with van der Waals surface area (Å²) >= 11 is 0. The maximum Gasteiger partial charge on any atom is 0.255 e. The SMILES string of the molecule is COc1ccc(OCCCNC(=O)C2CC3CCC2C[C@@]32NC(=O)c3ccccc3N2)cc1. The van der Waals surface area contributed by atoms with E-state index in [1.807, 2.05) is 48.5 Å². The summed E-state index contributed by atoms with van der Waals surface area (Å²) < 4.78 is 10.9. The van der Waals surface area contributed by atoms with Crippen molar-refractivity contribution in [1.82, 2.24) is 10.6 Å². The normalized spacial score (nSPS) is 27.3. The van der Waals surface area contributed by atoms with Crippen LogP contribution in [-0.2, 0) is 4.79 Å². The standard InChI is InChI=1S/C26H31N3O4/c1-32-19-9-11-20(12-10-19)33-14-4-13-27-24(30)22-15-18-8-7-17(22)16-26(18)28-23-6-3-2-5-21(23)25(31)29-26/h2-3,5-6,9-12,17-18,22,28H,4,7-8,13-16H2,1H3,(H,27,30)(H,29,31)/t17?,18?,22?,26-/m1/s1. The summed E-state index contributed by atoms with van der Waals surface area (Å²) in [6, 6.07) is 15.1. The molecule has 6 rings (SSSR count). The minimum Gasteiger partial charge on any atom is -0.497 e. The topological polar surface area (TPSA) is 88.7 Å². The predicted molar refractivity (Wildman–Crippen MR) is 125 cm³/mol. The molecule has 3 unspecified atom stereocenters. The Labute approximate surface area is 194 Å². The number of nitrogens with one attached hydrogen (secondary N) is 3. The first-order chi connectivity index (χ1) is 16.1. The van der Waals surface area contributed by atoms with Gasteiger partial charge in [-0.2, -0.15) is 0 Å². The van der Waals surface area contributed by atoms with Crippen LogP contribution in [0.5, 0.6) is 11.5 Å². The van der Waals surface area contributed by atoms with E-state index in [-0.39, 0.29) is 29.6 Å². The van der Waals surface area contributed by atoms with Crippen LogP contribution in [0.15, 0.2) is 48.5 Å². The van der Waals surface area contributed by atoms with Gasteiger partial charge >= 0.3 is 0 Å². The average molecular weight is 450 g/mol. The number of benzene rings is 2. The molecule has 33 heavy (non-hydrogen) atoms. The average Bonchev–Trinajstić information content (AvgIpc) is 2.84. The lowest BCUT2D eigenvalue weighted by Crippen LogP contribution is -2.68. The smallest absolute Gasteiger partial charge is 0.255 e. The van der Waals surface area contributed by atoms with Crippen molar-refractivity contribution in [1.29, 1.82) is 0 Å². The van der Waals surface area contributed by atoms with Gasteiger partial charge in [-0.3, -0.25) is 9.59 Å². The third-order valence-corrected chi connectivity index (χ3v) is 7.43. The van der Waals surface area contributed by atoms with E-state index in [4.69, 9.17) is 9.47 Å². The fourth-order valence-electron chi connectivity index (χ4n) is 5.74. The van der Waals surface area contributed by atoms with Crippen molar-refractivity contribution in [2.24, 2.45) is 17.8 Å². The summed E-state index contributed by atoms with van der Waals surface area (Å²) in [5.74, 6) is 2.22. The number of rotatable bonds is 7. The molecular weight excluding hydrogens is 418 g/mol. The number of carbonyl (C=O) groups excluding carboxylic acids is 2. The van der Waals surface area contributed by atoms with Crippen LogP contribution in [0.25, 0.3) is 0 Å². The summed E-state index contributed by atoms with van der Waals surface area (Å²) in [7, 11) is 1.64. The van der Waals surface area contributed by atoms with Gasteiger partial charge in [0.15, 0.2) is 0 Å². The molecule has 2 bridgehead atoms. The maximum absolute atomic E-state index is 13.0. The Bertz CT molecular complexity index is 1020. The predicted octanol–water partition coefficient (Wildman–Crippen LogP) is 3.57. The summed E-state index contributed by atoms with van der Waals surface area (Å²) in [4.78, 5) is 25.7. The number of hydrogen-bond acceptors (Lipinski definition) is 5. The van der Waals surface area contributed by atoms with Gasteiger partial charge in [0.1, 0.15) is 17.2 Å². The first-order valence-electron chi connectivity index (χ1n) is 11.8. The Hall–Kier alpha value is -3.22. The molecule has 0 aromatic heterocycles. The van der Waals surface area contributed by atoms with E-state index in [9.17, 15) is 9.59 Å². The van der Waals surface area contributed by atoms with Crippen LogP contribution in [0.4, 0.5) is 5.69 Å². The van der Waals surface area contributed by atoms with Crippen molar-refractivity contribution >= 4 is 17.5 Å². The molecule has 3 aliphatic carbocycles. The number of para-hydroxylation sites is 1. The van der Waals surface area contributed by atoms with E-state index in [0.29, 0.717) is 18.7 Å². The number of methoxy groups -OCH3 is 1. The molecule has 2 aromatic rings. The van der Waals surface area contributed by atoms with E-state index in [1.54, 1.807) is 7.11 Å². The molecule has 2 amide bonds. The molecule has 3 fully saturated rings. The first kappa shape index (κ1) is 21.6. The highest BCUT2D eigenvalue weighted by atomic mass is 16.5. The van der Waals surface area contributed by atoms with Crippen molar-refractivity contribution < 1.29 is 19.1 Å². The molecular formula is C26H31N3O4. The van der Waals surface area contributed by atoms with Crippen LogP contribution in [0, 0.1) is 17.8 Å². The molecule has 1 aliphatic heterocycles. The summed E-state index contributed by atoms with van der Waals surface area (Å²) in [6.07, 6.45) is 4.39. The molecule has 1 spiro atoms. The highest BCUT2D eigenvalue weighted by Crippen LogP contribution is 2.51. The Kier molecular flexibility index (Phi) is 5.87. The van der Waals surface area contributed by atoms with Crippen molar-refractivity contribution in [3.05, 3.63) is 54.1 Å². The van der Waals surface area contributed by atoms with Crippen LogP contribution in [0.2, 0.25) is 0 Å². The van der Waals surface area contributed by atoms with Crippen LogP contribution in [0.3, 0.4) is 0 Å². The largest absolute Gasteiger partial charge is 0.497 e. The number of fused-ring (bicyclic) bond motifs is 3. The van der Waals surface area contributed by atoms with E-state index in [2.05, 4.69) is 16.0 Å². The Morgan fingerprint density at radius 1 is 1.09 bits per heavy atom. The molecule has 7 heteroatoms. The van der Waals surface area contributed by atoms with Gasteiger partial charge in [-0.05, 0) is 74.4 Å². The van der Waals surface area contributed by atoms with E-state index < -0.39 is 5.66 Å². The fraction of sp³-hybridized carbons (Fsp3) is 0.462. The lowest BCUT2D eigenvalue weighted by molar-refractivity contribution is -0.132. The van der Waals surface area contributed by atoms with Gasteiger partial charge in [0, 0.05) is 24.1 Å². The van der Waals surface area contributed by atoms with Crippen molar-refractivity contribution in [3.63, 3.8) is 0 Å². The summed E-state index contributed by atoms with van der Waals surface area (Å²) in [6.45, 7) is 1.14. The number of anilines is 1. The van der Waals surface area contributed by atoms with Gasteiger partial charge in [-0.25, -0.2) is 0 Å². The minimum atomic E-state index is -0.433. The van der Waals surface area contributed by atoms with E-state index >= 15 is 0 Å². The van der Waals surface area contributed by atoms with Crippen LogP contribution in [-0.4, -0.2) is 37.7 Å². The zero-order valence-electron chi connectivity index (χ0n) is 18.9. The van der Waals surface area contributed by atoms with Gasteiger partial charge in [-0.1, -0.05) is 12.1 Å². The molecule has 4 atom stereocenters. The second-order valence-electron chi connectivity index (χ2n) is 9.35. The number of ether oxygens (including phenoxy) is 2. The second-order valence-corrected chi connectivity index (χ2v) is 9.35.